The Bertz CT molecular complexity index is 1260. The molecule has 2 amide bonds. The highest BCUT2D eigenvalue weighted by Crippen LogP contribution is 2.35. The number of hydrogen-bond acceptors (Lipinski definition) is 5. The first kappa shape index (κ1) is 24.8. The average Bonchev–Trinajstić information content (AvgIpc) is 3.33. The van der Waals surface area contributed by atoms with Crippen LogP contribution in [0.1, 0.15) is 38.3 Å². The second kappa shape index (κ2) is 11.4. The van der Waals surface area contributed by atoms with Gasteiger partial charge in [0.05, 0.1) is 29.6 Å². The molecule has 1 aliphatic rings. The fourth-order valence-electron chi connectivity index (χ4n) is 3.99. The first-order chi connectivity index (χ1) is 17.5. The predicted molar refractivity (Wildman–Crippen MR) is 138 cm³/mol. The van der Waals surface area contributed by atoms with Gasteiger partial charge in [0.15, 0.2) is 0 Å². The summed E-state index contributed by atoms with van der Waals surface area (Å²) in [6, 6.07) is 16.1. The van der Waals surface area contributed by atoms with E-state index in [0.29, 0.717) is 29.1 Å². The maximum absolute atomic E-state index is 13.0. The number of allylic oxidation sites excluding steroid dienone is 1. The van der Waals surface area contributed by atoms with Crippen molar-refractivity contribution in [3.05, 3.63) is 90.3 Å². The summed E-state index contributed by atoms with van der Waals surface area (Å²) in [5.74, 6) is 0.235. The number of unbranched alkanes of at least 4 members (excludes halogenated alkanes) is 1. The van der Waals surface area contributed by atoms with Gasteiger partial charge in [0, 0.05) is 23.0 Å². The third kappa shape index (κ3) is 5.49. The molecule has 186 valence electrons. The van der Waals surface area contributed by atoms with Crippen LogP contribution in [-0.4, -0.2) is 35.0 Å². The summed E-state index contributed by atoms with van der Waals surface area (Å²) >= 11 is 0. The Kier molecular flexibility index (Phi) is 7.85. The van der Waals surface area contributed by atoms with Gasteiger partial charge in [-0.3, -0.25) is 0 Å². The molecule has 3 aromatic rings. The summed E-state index contributed by atoms with van der Waals surface area (Å²) in [4.78, 5) is 25.5. The molecule has 2 heterocycles. The minimum Gasteiger partial charge on any atom is -0.494 e. The number of rotatable bonds is 10. The van der Waals surface area contributed by atoms with Crippen molar-refractivity contribution in [3.63, 3.8) is 0 Å². The number of ether oxygens (including phenoxy) is 2. The van der Waals surface area contributed by atoms with Gasteiger partial charge in [-0.25, -0.2) is 14.3 Å². The van der Waals surface area contributed by atoms with Crippen LogP contribution in [-0.2, 0) is 9.53 Å². The van der Waals surface area contributed by atoms with Crippen molar-refractivity contribution in [1.82, 2.24) is 20.4 Å². The number of amides is 2. The van der Waals surface area contributed by atoms with E-state index >= 15 is 0 Å². The molecule has 0 bridgehead atoms. The fourth-order valence-corrected chi connectivity index (χ4v) is 3.99. The van der Waals surface area contributed by atoms with Crippen LogP contribution in [0.3, 0.4) is 0 Å². The van der Waals surface area contributed by atoms with Crippen molar-refractivity contribution in [3.8, 4) is 22.7 Å². The molecule has 8 nitrogen and oxygen atoms in total. The molecule has 0 saturated carbocycles. The van der Waals surface area contributed by atoms with E-state index in [1.54, 1.807) is 11.6 Å². The topological polar surface area (TPSA) is 94.5 Å². The van der Waals surface area contributed by atoms with Crippen molar-refractivity contribution >= 4 is 12.0 Å². The standard InChI is InChI=1S/C28H30N4O4/c1-4-6-17-35-22-14-12-20(13-15-22)25-23(18-32(31-25)21-10-8-7-9-11-21)26-24(27(33)36-16-5-2)19(3)29-28(34)30-26/h5,7-15,18,26H,2,4,6,16-17H2,1,3H3,(H2,29,30,34)/t26-/m1/s1. The molecule has 0 saturated heterocycles. The Hall–Kier alpha value is -4.33. The number of benzene rings is 2. The maximum Gasteiger partial charge on any atom is 0.338 e. The second-order valence-corrected chi connectivity index (χ2v) is 8.40. The molecule has 8 heteroatoms. The normalized spacial score (nSPS) is 15.2. The highest BCUT2D eigenvalue weighted by atomic mass is 16.5. The van der Waals surface area contributed by atoms with Crippen LogP contribution in [0.4, 0.5) is 4.79 Å². The highest BCUT2D eigenvalue weighted by molar-refractivity contribution is 5.95. The first-order valence-corrected chi connectivity index (χ1v) is 12.0. The second-order valence-electron chi connectivity index (χ2n) is 8.40. The van der Waals surface area contributed by atoms with E-state index in [1.165, 1.54) is 6.08 Å². The van der Waals surface area contributed by atoms with Crippen LogP contribution >= 0.6 is 0 Å². The summed E-state index contributed by atoms with van der Waals surface area (Å²) in [5.41, 5.74) is 3.71. The molecule has 0 radical (unpaired) electrons. The quantitative estimate of drug-likeness (QED) is 0.237. The molecule has 1 aromatic heterocycles. The Balaban J connectivity index is 1.79. The summed E-state index contributed by atoms with van der Waals surface area (Å²) in [6.45, 7) is 8.12. The van der Waals surface area contributed by atoms with Crippen LogP contribution in [0.25, 0.3) is 16.9 Å². The van der Waals surface area contributed by atoms with Crippen molar-refractivity contribution < 1.29 is 19.1 Å². The van der Waals surface area contributed by atoms with Gasteiger partial charge < -0.3 is 20.1 Å². The number of para-hydroxylation sites is 1. The molecular formula is C28H30N4O4. The van der Waals surface area contributed by atoms with E-state index in [-0.39, 0.29) is 6.61 Å². The molecule has 0 fully saturated rings. The predicted octanol–water partition coefficient (Wildman–Crippen LogP) is 5.08. The molecule has 0 spiro atoms. The van der Waals surface area contributed by atoms with Gasteiger partial charge in [-0.05, 0) is 49.7 Å². The molecular weight excluding hydrogens is 456 g/mol. The Morgan fingerprint density at radius 2 is 1.92 bits per heavy atom. The number of nitrogens with zero attached hydrogens (tertiary/aromatic N) is 2. The summed E-state index contributed by atoms with van der Waals surface area (Å²) in [7, 11) is 0. The number of carbonyl (C=O) groups excluding carboxylic acids is 2. The van der Waals surface area contributed by atoms with Gasteiger partial charge in [0.25, 0.3) is 0 Å². The SMILES string of the molecule is C=CCOC(=O)C1=C(C)NC(=O)N[C@@H]1c1cn(-c2ccccc2)nc1-c1ccc(OCCCC)cc1. The Morgan fingerprint density at radius 1 is 1.17 bits per heavy atom. The summed E-state index contributed by atoms with van der Waals surface area (Å²) in [6.07, 6.45) is 5.38. The lowest BCUT2D eigenvalue weighted by atomic mass is 9.94. The lowest BCUT2D eigenvalue weighted by Crippen LogP contribution is -2.45. The van der Waals surface area contributed by atoms with Crippen molar-refractivity contribution in [2.75, 3.05) is 13.2 Å². The van der Waals surface area contributed by atoms with E-state index in [0.717, 1.165) is 29.8 Å². The van der Waals surface area contributed by atoms with Crippen molar-refractivity contribution in [2.45, 2.75) is 32.7 Å². The van der Waals surface area contributed by atoms with Crippen LogP contribution < -0.4 is 15.4 Å². The van der Waals surface area contributed by atoms with E-state index in [4.69, 9.17) is 14.6 Å². The monoisotopic (exact) mass is 486 g/mol. The number of nitrogens with one attached hydrogen (secondary N) is 2. The smallest absolute Gasteiger partial charge is 0.338 e. The summed E-state index contributed by atoms with van der Waals surface area (Å²) < 4.78 is 12.9. The number of hydrogen-bond donors (Lipinski definition) is 2. The van der Waals surface area contributed by atoms with Crippen molar-refractivity contribution in [2.24, 2.45) is 0 Å². The Labute approximate surface area is 210 Å². The number of urea groups is 1. The molecule has 0 unspecified atom stereocenters. The fraction of sp³-hybridized carbons (Fsp3) is 0.250. The van der Waals surface area contributed by atoms with Gasteiger partial charge in [-0.15, -0.1) is 0 Å². The van der Waals surface area contributed by atoms with E-state index in [2.05, 4.69) is 24.1 Å². The maximum atomic E-state index is 13.0. The molecule has 36 heavy (non-hydrogen) atoms. The largest absolute Gasteiger partial charge is 0.494 e. The molecule has 1 atom stereocenters. The van der Waals surface area contributed by atoms with E-state index < -0.39 is 18.0 Å². The van der Waals surface area contributed by atoms with Crippen LogP contribution in [0.2, 0.25) is 0 Å². The van der Waals surface area contributed by atoms with E-state index in [1.807, 2.05) is 60.8 Å². The number of carbonyl (C=O) groups is 2. The first-order valence-electron chi connectivity index (χ1n) is 12.0. The average molecular weight is 487 g/mol. The number of aromatic nitrogens is 2. The summed E-state index contributed by atoms with van der Waals surface area (Å²) in [5, 5.41) is 10.4. The van der Waals surface area contributed by atoms with Gasteiger partial charge in [0.2, 0.25) is 0 Å². The van der Waals surface area contributed by atoms with E-state index in [9.17, 15) is 9.59 Å². The van der Waals surface area contributed by atoms with Crippen LogP contribution in [0.5, 0.6) is 5.75 Å². The van der Waals surface area contributed by atoms with Crippen LogP contribution in [0, 0.1) is 0 Å². The zero-order chi connectivity index (χ0) is 25.5. The third-order valence-corrected chi connectivity index (χ3v) is 5.79. The van der Waals surface area contributed by atoms with Crippen molar-refractivity contribution in [1.29, 1.82) is 0 Å². The minimum absolute atomic E-state index is 0.0614. The van der Waals surface area contributed by atoms with Gasteiger partial charge in [0.1, 0.15) is 12.4 Å². The molecule has 0 aliphatic carbocycles. The van der Waals surface area contributed by atoms with Crippen LogP contribution in [0.15, 0.2) is 84.7 Å². The highest BCUT2D eigenvalue weighted by Gasteiger charge is 2.35. The van der Waals surface area contributed by atoms with Gasteiger partial charge in [-0.1, -0.05) is 44.2 Å². The zero-order valence-corrected chi connectivity index (χ0v) is 20.5. The molecule has 2 N–H and O–H groups in total. The molecule has 4 rings (SSSR count). The lowest BCUT2D eigenvalue weighted by Gasteiger charge is -2.27. The Morgan fingerprint density at radius 3 is 2.61 bits per heavy atom. The van der Waals surface area contributed by atoms with Gasteiger partial charge in [-0.2, -0.15) is 5.10 Å². The minimum atomic E-state index is -0.760. The molecule has 2 aromatic carbocycles. The lowest BCUT2D eigenvalue weighted by molar-refractivity contribution is -0.138. The van der Waals surface area contributed by atoms with Gasteiger partial charge >= 0.3 is 12.0 Å². The third-order valence-electron chi connectivity index (χ3n) is 5.79. The number of esters is 1. The zero-order valence-electron chi connectivity index (χ0n) is 20.5. The molecule has 1 aliphatic heterocycles.